The monoisotopic (exact) mass is 168 g/mol. The summed E-state index contributed by atoms with van der Waals surface area (Å²) in [6.45, 7) is 2.30. The van der Waals surface area contributed by atoms with Gasteiger partial charge in [0.15, 0.2) is 0 Å². The van der Waals surface area contributed by atoms with Crippen LogP contribution in [0.2, 0.25) is 0 Å². The zero-order valence-corrected chi connectivity index (χ0v) is 6.67. The van der Waals surface area contributed by atoms with Gasteiger partial charge >= 0.3 is 0 Å². The Balaban J connectivity index is 2.81. The zero-order chi connectivity index (χ0) is 8.97. The minimum atomic E-state index is -0.453. The predicted octanol–water partition coefficient (Wildman–Crippen LogP) is 0.970. The van der Waals surface area contributed by atoms with Gasteiger partial charge in [0, 0.05) is 18.8 Å². The molecular weight excluding hydrogens is 159 g/mol. The molecule has 0 aliphatic carbocycles. The van der Waals surface area contributed by atoms with Gasteiger partial charge < -0.3 is 5.32 Å². The molecule has 0 radical (unpaired) electrons. The maximum Gasteiger partial charge on any atom is 0.269 e. The highest BCUT2D eigenvalue weighted by Gasteiger charge is 2.05. The van der Waals surface area contributed by atoms with Crippen LogP contribution >= 0.6 is 0 Å². The highest BCUT2D eigenvalue weighted by molar-refractivity contribution is 5.92. The molecule has 0 aliphatic rings. The molecule has 0 atom stereocenters. The number of nitrogens with zero attached hydrogens (tertiary/aromatic N) is 1. The number of aromatic nitrogens is 1. The molecule has 1 amide bonds. The number of nitrogens with one attached hydrogen (secondary N) is 1. The highest BCUT2D eigenvalue weighted by Crippen LogP contribution is 1.98. The van der Waals surface area contributed by atoms with E-state index in [-0.39, 0.29) is 11.6 Å². The lowest BCUT2D eigenvalue weighted by Gasteiger charge is -1.99. The second-order valence-corrected chi connectivity index (χ2v) is 2.22. The predicted molar refractivity (Wildman–Crippen MR) is 42.2 cm³/mol. The smallest absolute Gasteiger partial charge is 0.269 e. The molecule has 1 N–H and O–H groups in total. The van der Waals surface area contributed by atoms with Crippen molar-refractivity contribution in [1.29, 1.82) is 0 Å². The minimum absolute atomic E-state index is 0.108. The second-order valence-electron chi connectivity index (χ2n) is 2.22. The Kier molecular flexibility index (Phi) is 2.74. The number of hydrogen-bond acceptors (Lipinski definition) is 2. The molecule has 12 heavy (non-hydrogen) atoms. The van der Waals surface area contributed by atoms with Crippen LogP contribution in [0.3, 0.4) is 0 Å². The van der Waals surface area contributed by atoms with Gasteiger partial charge in [0.1, 0.15) is 11.5 Å². The summed E-state index contributed by atoms with van der Waals surface area (Å²) in [6, 6.07) is 2.30. The van der Waals surface area contributed by atoms with Gasteiger partial charge in [-0.2, -0.15) is 0 Å². The standard InChI is InChI=1S/C8H9FN2O/c1-2-10-8(12)7-5-6(9)3-4-11-7/h3-5H,2H2,1H3,(H,10,12). The van der Waals surface area contributed by atoms with Crippen molar-refractivity contribution in [2.24, 2.45) is 0 Å². The third-order valence-corrected chi connectivity index (χ3v) is 1.29. The molecule has 1 aromatic rings. The quantitative estimate of drug-likeness (QED) is 0.714. The molecule has 0 saturated heterocycles. The molecule has 0 fully saturated rings. The van der Waals surface area contributed by atoms with E-state index < -0.39 is 5.82 Å². The van der Waals surface area contributed by atoms with Gasteiger partial charge in [-0.1, -0.05) is 0 Å². The van der Waals surface area contributed by atoms with E-state index in [9.17, 15) is 9.18 Å². The first-order valence-corrected chi connectivity index (χ1v) is 3.63. The van der Waals surface area contributed by atoms with Gasteiger partial charge in [-0.25, -0.2) is 4.39 Å². The summed E-state index contributed by atoms with van der Waals surface area (Å²) in [5.41, 5.74) is 0.108. The van der Waals surface area contributed by atoms with Crippen molar-refractivity contribution in [1.82, 2.24) is 10.3 Å². The van der Waals surface area contributed by atoms with Crippen molar-refractivity contribution in [3.8, 4) is 0 Å². The lowest BCUT2D eigenvalue weighted by atomic mass is 10.3. The highest BCUT2D eigenvalue weighted by atomic mass is 19.1. The summed E-state index contributed by atoms with van der Waals surface area (Å²) in [4.78, 5) is 14.8. The van der Waals surface area contributed by atoms with E-state index in [2.05, 4.69) is 10.3 Å². The van der Waals surface area contributed by atoms with E-state index in [4.69, 9.17) is 0 Å². The number of carbonyl (C=O) groups excluding carboxylic acids is 1. The first-order valence-electron chi connectivity index (χ1n) is 3.63. The van der Waals surface area contributed by atoms with E-state index in [1.54, 1.807) is 6.92 Å². The van der Waals surface area contributed by atoms with Crippen LogP contribution in [0.4, 0.5) is 4.39 Å². The minimum Gasteiger partial charge on any atom is -0.351 e. The van der Waals surface area contributed by atoms with Crippen LogP contribution in [0.5, 0.6) is 0 Å². The van der Waals surface area contributed by atoms with Crippen LogP contribution in [-0.2, 0) is 0 Å². The van der Waals surface area contributed by atoms with Crippen LogP contribution < -0.4 is 5.32 Å². The van der Waals surface area contributed by atoms with Crippen molar-refractivity contribution in [2.75, 3.05) is 6.54 Å². The summed E-state index contributed by atoms with van der Waals surface area (Å²) in [6.07, 6.45) is 1.26. The zero-order valence-electron chi connectivity index (χ0n) is 6.67. The fourth-order valence-corrected chi connectivity index (χ4v) is 0.780. The summed E-state index contributed by atoms with van der Waals surface area (Å²) >= 11 is 0. The number of amides is 1. The number of rotatable bonds is 2. The molecule has 0 aromatic carbocycles. The Labute approximate surface area is 69.6 Å². The van der Waals surface area contributed by atoms with Gasteiger partial charge in [0.05, 0.1) is 0 Å². The summed E-state index contributed by atoms with van der Waals surface area (Å²) in [7, 11) is 0. The van der Waals surface area contributed by atoms with Gasteiger partial charge in [0.25, 0.3) is 5.91 Å². The van der Waals surface area contributed by atoms with E-state index in [0.29, 0.717) is 6.54 Å². The van der Waals surface area contributed by atoms with E-state index >= 15 is 0 Å². The number of hydrogen-bond donors (Lipinski definition) is 1. The van der Waals surface area contributed by atoms with Crippen molar-refractivity contribution in [3.05, 3.63) is 29.8 Å². The Morgan fingerprint density at radius 3 is 3.08 bits per heavy atom. The second kappa shape index (κ2) is 3.80. The lowest BCUT2D eigenvalue weighted by molar-refractivity contribution is 0.0950. The van der Waals surface area contributed by atoms with Crippen LogP contribution in [0, 0.1) is 5.82 Å². The molecule has 3 nitrogen and oxygen atoms in total. The largest absolute Gasteiger partial charge is 0.351 e. The molecule has 1 rings (SSSR count). The molecule has 0 saturated carbocycles. The Morgan fingerprint density at radius 1 is 1.75 bits per heavy atom. The Bertz CT molecular complexity index is 288. The van der Waals surface area contributed by atoms with Gasteiger partial charge in [-0.3, -0.25) is 9.78 Å². The fraction of sp³-hybridized carbons (Fsp3) is 0.250. The summed E-state index contributed by atoms with van der Waals surface area (Å²) < 4.78 is 12.5. The summed E-state index contributed by atoms with van der Waals surface area (Å²) in [5.74, 6) is -0.803. The van der Waals surface area contributed by atoms with Crippen molar-refractivity contribution in [2.45, 2.75) is 6.92 Å². The topological polar surface area (TPSA) is 42.0 Å². The Morgan fingerprint density at radius 2 is 2.50 bits per heavy atom. The molecule has 4 heteroatoms. The molecule has 0 spiro atoms. The van der Waals surface area contributed by atoms with E-state index in [0.717, 1.165) is 6.07 Å². The van der Waals surface area contributed by atoms with Crippen LogP contribution in [0.1, 0.15) is 17.4 Å². The van der Waals surface area contributed by atoms with Crippen LogP contribution in [0.25, 0.3) is 0 Å². The van der Waals surface area contributed by atoms with Crippen LogP contribution in [0.15, 0.2) is 18.3 Å². The van der Waals surface area contributed by atoms with E-state index in [1.807, 2.05) is 0 Å². The Hall–Kier alpha value is -1.45. The molecule has 64 valence electrons. The molecule has 0 aliphatic heterocycles. The molecule has 1 heterocycles. The normalized spacial score (nSPS) is 9.50. The average Bonchev–Trinajstić information content (AvgIpc) is 2.05. The third-order valence-electron chi connectivity index (χ3n) is 1.29. The van der Waals surface area contributed by atoms with Crippen molar-refractivity contribution >= 4 is 5.91 Å². The fourth-order valence-electron chi connectivity index (χ4n) is 0.780. The molecule has 0 bridgehead atoms. The van der Waals surface area contributed by atoms with Gasteiger partial charge in [-0.05, 0) is 13.0 Å². The number of halogens is 1. The lowest BCUT2D eigenvalue weighted by Crippen LogP contribution is -2.23. The molecule has 0 unspecified atom stereocenters. The first-order chi connectivity index (χ1) is 5.74. The maximum absolute atomic E-state index is 12.5. The third kappa shape index (κ3) is 2.02. The number of carbonyl (C=O) groups is 1. The van der Waals surface area contributed by atoms with Crippen LogP contribution in [-0.4, -0.2) is 17.4 Å². The van der Waals surface area contributed by atoms with Crippen molar-refractivity contribution < 1.29 is 9.18 Å². The molecular formula is C8H9FN2O. The first kappa shape index (κ1) is 8.64. The van der Waals surface area contributed by atoms with Gasteiger partial charge in [-0.15, -0.1) is 0 Å². The summed E-state index contributed by atoms with van der Waals surface area (Å²) in [5, 5.41) is 2.52. The van der Waals surface area contributed by atoms with E-state index in [1.165, 1.54) is 12.3 Å². The van der Waals surface area contributed by atoms with Gasteiger partial charge in [0.2, 0.25) is 0 Å². The number of pyridine rings is 1. The molecule has 1 aromatic heterocycles. The van der Waals surface area contributed by atoms with Crippen molar-refractivity contribution in [3.63, 3.8) is 0 Å². The SMILES string of the molecule is CCNC(=O)c1cc(F)ccn1. The average molecular weight is 168 g/mol. The maximum atomic E-state index is 12.5.